The monoisotopic (exact) mass is 160 g/mol. The lowest BCUT2D eigenvalue weighted by Gasteiger charge is -1.85. The number of nitrogens with one attached hydrogen (secondary N) is 1. The topological polar surface area (TPSA) is 50.4 Å². The summed E-state index contributed by atoms with van der Waals surface area (Å²) in [6, 6.07) is 4.71. The third kappa shape index (κ3) is 0.805. The second kappa shape index (κ2) is 2.24. The molecule has 58 valence electrons. The molecular weight excluding hydrogens is 156 g/mol. The van der Waals surface area contributed by atoms with Crippen LogP contribution in [0.15, 0.2) is 27.5 Å². The van der Waals surface area contributed by atoms with Crippen LogP contribution in [0.5, 0.6) is 0 Å². The number of rotatable bonds is 0. The standard InChI is InChI=1S/C8H4N2O2/c1-9-5-2-3-7-6(4-5)8(11)10-12-7/h2-4H,(H,10,11). The summed E-state index contributed by atoms with van der Waals surface area (Å²) >= 11 is 0. The largest absolute Gasteiger partial charge is 0.379 e. The first-order valence-corrected chi connectivity index (χ1v) is 3.30. The van der Waals surface area contributed by atoms with E-state index in [9.17, 15) is 4.79 Å². The maximum atomic E-state index is 11.0. The second-order valence-corrected chi connectivity index (χ2v) is 2.33. The lowest BCUT2D eigenvalue weighted by Crippen LogP contribution is -1.95. The number of hydrogen-bond donors (Lipinski definition) is 1. The molecule has 0 aliphatic heterocycles. The van der Waals surface area contributed by atoms with Gasteiger partial charge in [-0.1, -0.05) is 6.07 Å². The first-order valence-electron chi connectivity index (χ1n) is 3.30. The highest BCUT2D eigenvalue weighted by molar-refractivity contribution is 5.80. The Morgan fingerprint density at radius 3 is 3.08 bits per heavy atom. The van der Waals surface area contributed by atoms with Gasteiger partial charge in [0.1, 0.15) is 0 Å². The van der Waals surface area contributed by atoms with Crippen LogP contribution in [0.3, 0.4) is 0 Å². The average molecular weight is 160 g/mol. The van der Waals surface area contributed by atoms with Gasteiger partial charge < -0.3 is 4.52 Å². The Labute approximate surface area is 67.2 Å². The van der Waals surface area contributed by atoms with Crippen molar-refractivity contribution < 1.29 is 4.52 Å². The van der Waals surface area contributed by atoms with Gasteiger partial charge in [0.2, 0.25) is 0 Å². The molecule has 0 fully saturated rings. The van der Waals surface area contributed by atoms with Gasteiger partial charge in [-0.2, -0.15) is 5.16 Å². The molecule has 1 aromatic heterocycles. The SMILES string of the molecule is [C-]#[N+]c1ccc2o[nH]c(=O)c2c1. The van der Waals surface area contributed by atoms with Crippen molar-refractivity contribution in [2.24, 2.45) is 0 Å². The van der Waals surface area contributed by atoms with Crippen molar-refractivity contribution >= 4 is 16.7 Å². The molecule has 4 nitrogen and oxygen atoms in total. The summed E-state index contributed by atoms with van der Waals surface area (Å²) in [6.45, 7) is 6.72. The summed E-state index contributed by atoms with van der Waals surface area (Å²) in [5, 5.41) is 2.61. The fourth-order valence-electron chi connectivity index (χ4n) is 1.01. The Kier molecular flexibility index (Phi) is 1.25. The van der Waals surface area contributed by atoms with Crippen molar-refractivity contribution in [2.45, 2.75) is 0 Å². The number of benzene rings is 1. The molecule has 0 saturated carbocycles. The van der Waals surface area contributed by atoms with Gasteiger partial charge in [-0.15, -0.1) is 0 Å². The molecule has 0 unspecified atom stereocenters. The zero-order valence-corrected chi connectivity index (χ0v) is 6.00. The molecule has 0 bridgehead atoms. The van der Waals surface area contributed by atoms with Gasteiger partial charge in [-0.25, -0.2) is 4.85 Å². The molecule has 1 aromatic carbocycles. The van der Waals surface area contributed by atoms with Crippen LogP contribution in [0.25, 0.3) is 15.8 Å². The summed E-state index contributed by atoms with van der Waals surface area (Å²) in [4.78, 5) is 14.2. The van der Waals surface area contributed by atoms with Crippen LogP contribution in [0.2, 0.25) is 0 Å². The molecule has 0 aliphatic carbocycles. The molecule has 0 aliphatic rings. The Hall–Kier alpha value is -2.02. The lowest BCUT2D eigenvalue weighted by atomic mass is 10.2. The van der Waals surface area contributed by atoms with Gasteiger partial charge in [-0.3, -0.25) is 4.79 Å². The Balaban J connectivity index is 2.91. The van der Waals surface area contributed by atoms with E-state index in [1.165, 1.54) is 6.07 Å². The molecule has 12 heavy (non-hydrogen) atoms. The minimum atomic E-state index is -0.296. The lowest BCUT2D eigenvalue weighted by molar-refractivity contribution is 0.449. The number of nitrogens with zero attached hydrogens (tertiary/aromatic N) is 1. The summed E-state index contributed by atoms with van der Waals surface area (Å²) < 4.78 is 4.81. The predicted molar refractivity (Wildman–Crippen MR) is 43.1 cm³/mol. The Morgan fingerprint density at radius 1 is 1.50 bits per heavy atom. The molecule has 0 amide bonds. The number of H-pyrrole nitrogens is 1. The predicted octanol–water partition coefficient (Wildman–Crippen LogP) is 1.67. The van der Waals surface area contributed by atoms with Crippen molar-refractivity contribution in [1.82, 2.24) is 5.16 Å². The molecule has 0 radical (unpaired) electrons. The zero-order chi connectivity index (χ0) is 8.55. The van der Waals surface area contributed by atoms with Crippen LogP contribution in [0.1, 0.15) is 0 Å². The third-order valence-electron chi connectivity index (χ3n) is 1.59. The second-order valence-electron chi connectivity index (χ2n) is 2.33. The highest BCUT2D eigenvalue weighted by atomic mass is 16.5. The first kappa shape index (κ1) is 6.68. The number of aromatic amines is 1. The van der Waals surface area contributed by atoms with E-state index in [1.807, 2.05) is 0 Å². The van der Waals surface area contributed by atoms with Crippen LogP contribution in [0, 0.1) is 6.57 Å². The Morgan fingerprint density at radius 2 is 2.33 bits per heavy atom. The highest BCUT2D eigenvalue weighted by Crippen LogP contribution is 2.17. The van der Waals surface area contributed by atoms with Crippen molar-refractivity contribution in [1.29, 1.82) is 0 Å². The van der Waals surface area contributed by atoms with Gasteiger partial charge in [0.25, 0.3) is 5.56 Å². The van der Waals surface area contributed by atoms with Crippen molar-refractivity contribution in [3.05, 3.63) is 40.0 Å². The van der Waals surface area contributed by atoms with E-state index in [0.717, 1.165) is 0 Å². The van der Waals surface area contributed by atoms with Crippen molar-refractivity contribution in [3.8, 4) is 0 Å². The Bertz CT molecular complexity index is 516. The van der Waals surface area contributed by atoms with Crippen molar-refractivity contribution in [3.63, 3.8) is 0 Å². The first-order chi connectivity index (χ1) is 5.81. The van der Waals surface area contributed by atoms with Gasteiger partial charge >= 0.3 is 0 Å². The van der Waals surface area contributed by atoms with E-state index in [2.05, 4.69) is 10.0 Å². The van der Waals surface area contributed by atoms with Crippen molar-refractivity contribution in [2.75, 3.05) is 0 Å². The quantitative estimate of drug-likeness (QED) is 0.596. The van der Waals surface area contributed by atoms with Gasteiger partial charge in [0.15, 0.2) is 11.3 Å². The molecule has 0 atom stereocenters. The van der Waals surface area contributed by atoms with E-state index in [1.54, 1.807) is 12.1 Å². The van der Waals surface area contributed by atoms with E-state index < -0.39 is 0 Å². The van der Waals surface area contributed by atoms with E-state index in [4.69, 9.17) is 11.1 Å². The van der Waals surface area contributed by atoms with Crippen LogP contribution in [-0.4, -0.2) is 5.16 Å². The molecule has 1 heterocycles. The number of fused-ring (bicyclic) bond motifs is 1. The summed E-state index contributed by atoms with van der Waals surface area (Å²) in [5.74, 6) is 0. The van der Waals surface area contributed by atoms with E-state index >= 15 is 0 Å². The molecule has 1 N–H and O–H groups in total. The van der Waals surface area contributed by atoms with Crippen LogP contribution >= 0.6 is 0 Å². The maximum absolute atomic E-state index is 11.0. The van der Waals surface area contributed by atoms with Gasteiger partial charge in [-0.05, 0) is 12.1 Å². The summed E-state index contributed by atoms with van der Waals surface area (Å²) in [7, 11) is 0. The van der Waals surface area contributed by atoms with Gasteiger partial charge in [0.05, 0.1) is 12.0 Å². The normalized spacial score (nSPS) is 9.92. The third-order valence-corrected chi connectivity index (χ3v) is 1.59. The molecule has 2 aromatic rings. The maximum Gasteiger partial charge on any atom is 0.286 e. The highest BCUT2D eigenvalue weighted by Gasteiger charge is 2.02. The number of hydrogen-bond acceptors (Lipinski definition) is 2. The number of aromatic nitrogens is 1. The minimum Gasteiger partial charge on any atom is -0.379 e. The smallest absolute Gasteiger partial charge is 0.286 e. The zero-order valence-electron chi connectivity index (χ0n) is 6.00. The molecular formula is C8H4N2O2. The van der Waals surface area contributed by atoms with E-state index in [-0.39, 0.29) is 5.56 Å². The van der Waals surface area contributed by atoms with Crippen LogP contribution < -0.4 is 5.56 Å². The fraction of sp³-hybridized carbons (Fsp3) is 0. The molecule has 2 rings (SSSR count). The van der Waals surface area contributed by atoms with Crippen LogP contribution in [-0.2, 0) is 0 Å². The molecule has 4 heteroatoms. The summed E-state index contributed by atoms with van der Waals surface area (Å²) in [5.41, 5.74) is 0.623. The molecule has 0 saturated heterocycles. The summed E-state index contributed by atoms with van der Waals surface area (Å²) in [6.07, 6.45) is 0. The van der Waals surface area contributed by atoms with E-state index in [0.29, 0.717) is 16.7 Å². The average Bonchev–Trinajstić information content (AvgIpc) is 2.47. The minimum absolute atomic E-state index is 0.296. The molecule has 0 spiro atoms. The fourth-order valence-corrected chi connectivity index (χ4v) is 1.01. The van der Waals surface area contributed by atoms with Gasteiger partial charge in [0, 0.05) is 0 Å². The van der Waals surface area contributed by atoms with Crippen LogP contribution in [0.4, 0.5) is 5.69 Å².